The quantitative estimate of drug-likeness (QED) is 0.846. The molecule has 0 radical (unpaired) electrons. The van der Waals surface area contributed by atoms with Crippen LogP contribution >= 0.6 is 11.3 Å². The van der Waals surface area contributed by atoms with Crippen molar-refractivity contribution in [1.29, 1.82) is 0 Å². The first kappa shape index (κ1) is 11.4. The maximum atomic E-state index is 11.5. The van der Waals surface area contributed by atoms with Gasteiger partial charge in [-0.15, -0.1) is 0 Å². The first-order valence-corrected chi connectivity index (χ1v) is 5.62. The van der Waals surface area contributed by atoms with Gasteiger partial charge in [-0.1, -0.05) is 11.3 Å². The molecule has 0 aliphatic carbocycles. The van der Waals surface area contributed by atoms with Crippen molar-refractivity contribution in [3.05, 3.63) is 36.4 Å². The molecule has 0 bridgehead atoms. The van der Waals surface area contributed by atoms with Gasteiger partial charge in [0.2, 0.25) is 5.91 Å². The Morgan fingerprint density at radius 2 is 2.53 bits per heavy atom. The van der Waals surface area contributed by atoms with E-state index in [2.05, 4.69) is 10.3 Å². The standard InChI is InChI=1S/C11H10N2O3S/c1-15-10-7-12-11(17-10)13-9(14)5-4-8-3-2-6-16-8/h2-7H,1H3,(H,12,13,14)/b5-4+. The van der Waals surface area contributed by atoms with Crippen molar-refractivity contribution in [2.45, 2.75) is 0 Å². The number of hydrogen-bond acceptors (Lipinski definition) is 5. The SMILES string of the molecule is COc1cnc(NC(=O)/C=C/c2ccco2)s1. The molecule has 2 aromatic rings. The molecule has 2 heterocycles. The fraction of sp³-hybridized carbons (Fsp3) is 0.0909. The van der Waals surface area contributed by atoms with Crippen molar-refractivity contribution in [2.24, 2.45) is 0 Å². The minimum absolute atomic E-state index is 0.265. The highest BCUT2D eigenvalue weighted by molar-refractivity contribution is 7.17. The number of amides is 1. The Morgan fingerprint density at radius 1 is 1.65 bits per heavy atom. The number of anilines is 1. The summed E-state index contributed by atoms with van der Waals surface area (Å²) in [5.41, 5.74) is 0. The van der Waals surface area contributed by atoms with Crippen molar-refractivity contribution in [1.82, 2.24) is 4.98 Å². The van der Waals surface area contributed by atoms with E-state index in [-0.39, 0.29) is 5.91 Å². The summed E-state index contributed by atoms with van der Waals surface area (Å²) in [7, 11) is 1.55. The van der Waals surface area contributed by atoms with E-state index in [1.807, 2.05) is 0 Å². The highest BCUT2D eigenvalue weighted by atomic mass is 32.1. The van der Waals surface area contributed by atoms with Crippen LogP contribution < -0.4 is 10.1 Å². The van der Waals surface area contributed by atoms with E-state index in [0.29, 0.717) is 16.0 Å². The minimum Gasteiger partial charge on any atom is -0.486 e. The van der Waals surface area contributed by atoms with Crippen molar-refractivity contribution in [3.63, 3.8) is 0 Å². The van der Waals surface area contributed by atoms with Gasteiger partial charge in [0.1, 0.15) is 5.76 Å². The number of aromatic nitrogens is 1. The van der Waals surface area contributed by atoms with Gasteiger partial charge in [-0.3, -0.25) is 10.1 Å². The molecule has 6 heteroatoms. The van der Waals surface area contributed by atoms with Crippen LogP contribution in [-0.4, -0.2) is 18.0 Å². The van der Waals surface area contributed by atoms with Gasteiger partial charge in [0, 0.05) is 6.08 Å². The number of thiazole rings is 1. The molecular formula is C11H10N2O3S. The third-order valence-electron chi connectivity index (χ3n) is 1.86. The number of nitrogens with one attached hydrogen (secondary N) is 1. The molecule has 2 rings (SSSR count). The first-order valence-electron chi connectivity index (χ1n) is 4.80. The number of carbonyl (C=O) groups is 1. The summed E-state index contributed by atoms with van der Waals surface area (Å²) >= 11 is 1.26. The zero-order valence-corrected chi connectivity index (χ0v) is 9.86. The normalized spacial score (nSPS) is 10.6. The smallest absolute Gasteiger partial charge is 0.250 e. The number of methoxy groups -OCH3 is 1. The molecule has 0 aromatic carbocycles. The summed E-state index contributed by atoms with van der Waals surface area (Å²) < 4.78 is 10.0. The van der Waals surface area contributed by atoms with E-state index in [9.17, 15) is 4.79 Å². The molecule has 88 valence electrons. The molecule has 0 aliphatic rings. The van der Waals surface area contributed by atoms with Gasteiger partial charge in [0.15, 0.2) is 10.2 Å². The second-order valence-corrected chi connectivity index (χ2v) is 4.02. The highest BCUT2D eigenvalue weighted by Gasteiger charge is 2.04. The van der Waals surface area contributed by atoms with Crippen LogP contribution in [-0.2, 0) is 4.79 Å². The van der Waals surface area contributed by atoms with Crippen LogP contribution in [0.1, 0.15) is 5.76 Å². The zero-order valence-electron chi connectivity index (χ0n) is 9.04. The molecule has 17 heavy (non-hydrogen) atoms. The van der Waals surface area contributed by atoms with Crippen LogP contribution in [0.5, 0.6) is 5.06 Å². The van der Waals surface area contributed by atoms with Crippen LogP contribution in [0.4, 0.5) is 5.13 Å². The van der Waals surface area contributed by atoms with Crippen LogP contribution in [0.2, 0.25) is 0 Å². The first-order chi connectivity index (χ1) is 8.28. The summed E-state index contributed by atoms with van der Waals surface area (Å²) in [5, 5.41) is 3.76. The fourth-order valence-electron chi connectivity index (χ4n) is 1.10. The Morgan fingerprint density at radius 3 is 3.18 bits per heavy atom. The van der Waals surface area contributed by atoms with Gasteiger partial charge in [-0.05, 0) is 18.2 Å². The summed E-state index contributed by atoms with van der Waals surface area (Å²) in [6.45, 7) is 0. The van der Waals surface area contributed by atoms with Crippen LogP contribution in [0, 0.1) is 0 Å². The Labute approximate surface area is 102 Å². The maximum Gasteiger partial charge on any atom is 0.250 e. The molecule has 0 atom stereocenters. The molecule has 0 saturated carbocycles. The minimum atomic E-state index is -0.265. The third kappa shape index (κ3) is 3.18. The number of ether oxygens (including phenoxy) is 1. The van der Waals surface area contributed by atoms with Crippen LogP contribution in [0.25, 0.3) is 6.08 Å². The monoisotopic (exact) mass is 250 g/mol. The van der Waals surface area contributed by atoms with Gasteiger partial charge in [0.25, 0.3) is 0 Å². The summed E-state index contributed by atoms with van der Waals surface area (Å²) in [5.74, 6) is 0.357. The molecule has 0 saturated heterocycles. The largest absolute Gasteiger partial charge is 0.486 e. The van der Waals surface area contributed by atoms with Gasteiger partial charge in [-0.2, -0.15) is 0 Å². The number of hydrogen-bond donors (Lipinski definition) is 1. The lowest BCUT2D eigenvalue weighted by Gasteiger charge is -1.94. The van der Waals surface area contributed by atoms with Crippen LogP contribution in [0.3, 0.4) is 0 Å². The van der Waals surface area contributed by atoms with Gasteiger partial charge < -0.3 is 9.15 Å². The van der Waals surface area contributed by atoms with Crippen molar-refractivity contribution >= 4 is 28.5 Å². The molecule has 0 unspecified atom stereocenters. The van der Waals surface area contributed by atoms with E-state index in [0.717, 1.165) is 0 Å². The molecule has 1 amide bonds. The molecule has 0 fully saturated rings. The zero-order chi connectivity index (χ0) is 12.1. The Balaban J connectivity index is 1.93. The molecular weight excluding hydrogens is 240 g/mol. The molecule has 5 nitrogen and oxygen atoms in total. The highest BCUT2D eigenvalue weighted by Crippen LogP contribution is 2.24. The van der Waals surface area contributed by atoms with Gasteiger partial charge >= 0.3 is 0 Å². The van der Waals surface area contributed by atoms with Gasteiger partial charge in [-0.25, -0.2) is 4.98 Å². The Hall–Kier alpha value is -2.08. The molecule has 0 spiro atoms. The van der Waals surface area contributed by atoms with E-state index >= 15 is 0 Å². The van der Waals surface area contributed by atoms with E-state index in [4.69, 9.17) is 9.15 Å². The summed E-state index contributed by atoms with van der Waals surface area (Å²) in [4.78, 5) is 15.5. The van der Waals surface area contributed by atoms with E-state index < -0.39 is 0 Å². The fourth-order valence-corrected chi connectivity index (χ4v) is 1.74. The lowest BCUT2D eigenvalue weighted by molar-refractivity contribution is -0.111. The van der Waals surface area contributed by atoms with Crippen LogP contribution in [0.15, 0.2) is 35.1 Å². The molecule has 0 aliphatic heterocycles. The van der Waals surface area contributed by atoms with Crippen molar-refractivity contribution in [2.75, 3.05) is 12.4 Å². The maximum absolute atomic E-state index is 11.5. The number of furan rings is 1. The Kier molecular flexibility index (Phi) is 3.56. The summed E-state index contributed by atoms with van der Waals surface area (Å²) in [6.07, 6.45) is 6.06. The third-order valence-corrected chi connectivity index (χ3v) is 2.73. The van der Waals surface area contributed by atoms with Crippen molar-refractivity contribution < 1.29 is 13.9 Å². The average molecular weight is 250 g/mol. The lowest BCUT2D eigenvalue weighted by Crippen LogP contribution is -2.06. The number of rotatable bonds is 4. The Bertz CT molecular complexity index is 517. The van der Waals surface area contributed by atoms with Gasteiger partial charge in [0.05, 0.1) is 19.6 Å². The lowest BCUT2D eigenvalue weighted by atomic mass is 10.4. The number of nitrogens with zero attached hydrogens (tertiary/aromatic N) is 1. The second-order valence-electron chi connectivity index (χ2n) is 3.03. The topological polar surface area (TPSA) is 64.4 Å². The van der Waals surface area contributed by atoms with E-state index in [1.165, 1.54) is 17.4 Å². The summed E-state index contributed by atoms with van der Waals surface area (Å²) in [6, 6.07) is 3.51. The molecule has 1 N–H and O–H groups in total. The average Bonchev–Trinajstić information content (AvgIpc) is 2.97. The van der Waals surface area contributed by atoms with E-state index in [1.54, 1.807) is 37.8 Å². The second kappa shape index (κ2) is 5.31. The predicted molar refractivity (Wildman–Crippen MR) is 65.0 cm³/mol. The van der Waals surface area contributed by atoms with Crippen molar-refractivity contribution in [3.8, 4) is 5.06 Å². The number of carbonyl (C=O) groups excluding carboxylic acids is 1. The molecule has 2 aromatic heterocycles. The predicted octanol–water partition coefficient (Wildman–Crippen LogP) is 2.40.